The molecule has 0 atom stereocenters. The van der Waals surface area contributed by atoms with Gasteiger partial charge >= 0.3 is 0 Å². The molecule has 0 bridgehead atoms. The molecule has 0 radical (unpaired) electrons. The summed E-state index contributed by atoms with van der Waals surface area (Å²) in [6.45, 7) is 2.03. The zero-order chi connectivity index (χ0) is 23.5. The smallest absolute Gasteiger partial charge is 0.273 e. The van der Waals surface area contributed by atoms with Gasteiger partial charge < -0.3 is 20.4 Å². The number of piperidine rings is 1. The van der Waals surface area contributed by atoms with Gasteiger partial charge in [-0.1, -0.05) is 17.7 Å². The number of anilines is 2. The lowest BCUT2D eigenvalue weighted by Gasteiger charge is -2.28. The Morgan fingerprint density at radius 3 is 2.55 bits per heavy atom. The highest BCUT2D eigenvalue weighted by Crippen LogP contribution is 2.34. The zero-order valence-corrected chi connectivity index (χ0v) is 18.9. The SMILES string of the molecule is CN1CCC(CC(=O)c2ccc(Nc3oc(-c4c(F)cccc4Cl)nc3C(N)=O)cc2)CC1. The van der Waals surface area contributed by atoms with Crippen molar-refractivity contribution in [2.45, 2.75) is 19.3 Å². The van der Waals surface area contributed by atoms with Crippen LogP contribution in [0.2, 0.25) is 5.02 Å². The summed E-state index contributed by atoms with van der Waals surface area (Å²) in [5, 5.41) is 3.01. The third-order valence-electron chi connectivity index (χ3n) is 5.81. The lowest BCUT2D eigenvalue weighted by Crippen LogP contribution is -2.31. The molecule has 172 valence electrons. The molecule has 2 heterocycles. The maximum atomic E-state index is 14.3. The molecule has 0 saturated carbocycles. The van der Waals surface area contributed by atoms with Gasteiger partial charge in [0, 0.05) is 17.7 Å². The minimum absolute atomic E-state index is 0.0396. The van der Waals surface area contributed by atoms with Gasteiger partial charge in [-0.2, -0.15) is 0 Å². The van der Waals surface area contributed by atoms with Crippen LogP contribution in [0.5, 0.6) is 0 Å². The number of carbonyl (C=O) groups excluding carboxylic acids is 2. The van der Waals surface area contributed by atoms with E-state index < -0.39 is 11.7 Å². The van der Waals surface area contributed by atoms with Gasteiger partial charge in [0.05, 0.1) is 10.6 Å². The molecule has 1 fully saturated rings. The van der Waals surface area contributed by atoms with E-state index in [9.17, 15) is 14.0 Å². The number of nitrogens with zero attached hydrogens (tertiary/aromatic N) is 2. The average molecular weight is 471 g/mol. The van der Waals surface area contributed by atoms with Crippen molar-refractivity contribution < 1.29 is 18.4 Å². The van der Waals surface area contributed by atoms with Crippen LogP contribution in [0.15, 0.2) is 46.9 Å². The number of benzene rings is 2. The predicted octanol–water partition coefficient (Wildman–Crippen LogP) is 4.89. The van der Waals surface area contributed by atoms with Gasteiger partial charge in [-0.25, -0.2) is 9.37 Å². The Kier molecular flexibility index (Phi) is 6.76. The topological polar surface area (TPSA) is 101 Å². The molecule has 0 aliphatic carbocycles. The maximum absolute atomic E-state index is 14.3. The van der Waals surface area contributed by atoms with Crippen LogP contribution in [0, 0.1) is 11.7 Å². The molecule has 2 aromatic carbocycles. The first-order chi connectivity index (χ1) is 15.8. The van der Waals surface area contributed by atoms with Crippen LogP contribution in [0.3, 0.4) is 0 Å². The van der Waals surface area contributed by atoms with Gasteiger partial charge in [0.25, 0.3) is 5.91 Å². The molecule has 0 unspecified atom stereocenters. The molecule has 7 nitrogen and oxygen atoms in total. The van der Waals surface area contributed by atoms with Crippen LogP contribution < -0.4 is 11.1 Å². The van der Waals surface area contributed by atoms with Gasteiger partial charge in [-0.15, -0.1) is 0 Å². The number of likely N-dealkylation sites (tertiary alicyclic amines) is 1. The highest BCUT2D eigenvalue weighted by molar-refractivity contribution is 6.33. The monoisotopic (exact) mass is 470 g/mol. The molecule has 33 heavy (non-hydrogen) atoms. The van der Waals surface area contributed by atoms with E-state index in [1.165, 1.54) is 18.2 Å². The van der Waals surface area contributed by atoms with Gasteiger partial charge in [0.2, 0.25) is 11.8 Å². The largest absolute Gasteiger partial charge is 0.419 e. The first-order valence-electron chi connectivity index (χ1n) is 10.7. The van der Waals surface area contributed by atoms with E-state index in [0.717, 1.165) is 25.9 Å². The summed E-state index contributed by atoms with van der Waals surface area (Å²) < 4.78 is 19.9. The van der Waals surface area contributed by atoms with Gasteiger partial charge in [0.1, 0.15) is 5.82 Å². The van der Waals surface area contributed by atoms with E-state index in [-0.39, 0.29) is 33.8 Å². The Bertz CT molecular complexity index is 1150. The van der Waals surface area contributed by atoms with Gasteiger partial charge in [-0.05, 0) is 75.3 Å². The molecule has 3 aromatic rings. The predicted molar refractivity (Wildman–Crippen MR) is 124 cm³/mol. The standard InChI is InChI=1S/C24H24ClFN4O3/c1-30-11-9-14(10-12-30)13-19(31)15-5-7-16(8-6-15)28-24-21(22(27)32)29-23(33-24)20-17(25)3-2-4-18(20)26/h2-8,14,28H,9-13H2,1H3,(H2,27,32). The Morgan fingerprint density at radius 2 is 1.91 bits per heavy atom. The number of oxazole rings is 1. The fraction of sp³-hybridized carbons (Fsp3) is 0.292. The summed E-state index contributed by atoms with van der Waals surface area (Å²) in [6, 6.07) is 11.0. The van der Waals surface area contributed by atoms with Gasteiger partial charge in [0.15, 0.2) is 11.5 Å². The Morgan fingerprint density at radius 1 is 1.21 bits per heavy atom. The summed E-state index contributed by atoms with van der Waals surface area (Å²) >= 11 is 6.08. The van der Waals surface area contributed by atoms with Crippen LogP contribution in [-0.4, -0.2) is 41.7 Å². The van der Waals surface area contributed by atoms with Crippen molar-refractivity contribution in [2.75, 3.05) is 25.5 Å². The van der Waals surface area contributed by atoms with Crippen molar-refractivity contribution in [2.24, 2.45) is 11.7 Å². The number of carbonyl (C=O) groups is 2. The van der Waals surface area contributed by atoms with Gasteiger partial charge in [-0.3, -0.25) is 9.59 Å². The minimum Gasteiger partial charge on any atom is -0.419 e. The minimum atomic E-state index is -0.843. The number of Topliss-reactive ketones (excluding diaryl/α,β-unsaturated/α-hetero) is 1. The van der Waals surface area contributed by atoms with E-state index in [1.54, 1.807) is 24.3 Å². The molecular weight excluding hydrogens is 447 g/mol. The second-order valence-electron chi connectivity index (χ2n) is 8.23. The number of amides is 1. The number of hydrogen-bond donors (Lipinski definition) is 2. The summed E-state index contributed by atoms with van der Waals surface area (Å²) in [5.74, 6) is -1.18. The molecule has 1 aliphatic heterocycles. The fourth-order valence-corrected chi connectivity index (χ4v) is 4.14. The van der Waals surface area contributed by atoms with Crippen LogP contribution >= 0.6 is 11.6 Å². The van der Waals surface area contributed by atoms with E-state index in [2.05, 4.69) is 22.2 Å². The van der Waals surface area contributed by atoms with Crippen molar-refractivity contribution in [3.8, 4) is 11.5 Å². The number of ketones is 1. The second-order valence-corrected chi connectivity index (χ2v) is 8.64. The van der Waals surface area contributed by atoms with Crippen LogP contribution in [-0.2, 0) is 0 Å². The number of rotatable bonds is 7. The molecule has 1 amide bonds. The number of aromatic nitrogens is 1. The van der Waals surface area contributed by atoms with Crippen LogP contribution in [0.25, 0.3) is 11.5 Å². The molecule has 1 saturated heterocycles. The Balaban J connectivity index is 1.50. The molecule has 1 aliphatic rings. The molecule has 9 heteroatoms. The summed E-state index contributed by atoms with van der Waals surface area (Å²) in [7, 11) is 2.09. The Hall–Kier alpha value is -3.23. The lowest BCUT2D eigenvalue weighted by molar-refractivity contribution is 0.0935. The van der Waals surface area contributed by atoms with Crippen molar-refractivity contribution in [3.05, 3.63) is 64.6 Å². The quantitative estimate of drug-likeness (QED) is 0.477. The van der Waals surface area contributed by atoms with Crippen molar-refractivity contribution in [1.29, 1.82) is 0 Å². The number of hydrogen-bond acceptors (Lipinski definition) is 6. The zero-order valence-electron chi connectivity index (χ0n) is 18.1. The molecule has 3 N–H and O–H groups in total. The molecular formula is C24H24ClFN4O3. The Labute approximate surface area is 195 Å². The van der Waals surface area contributed by atoms with Crippen molar-refractivity contribution >= 4 is 34.9 Å². The summed E-state index contributed by atoms with van der Waals surface area (Å²) in [5.41, 5.74) is 6.34. The maximum Gasteiger partial charge on any atom is 0.273 e. The van der Waals surface area contributed by atoms with E-state index in [0.29, 0.717) is 23.6 Å². The van der Waals surface area contributed by atoms with E-state index >= 15 is 0 Å². The molecule has 1 aromatic heterocycles. The van der Waals surface area contributed by atoms with E-state index in [1.807, 2.05) is 0 Å². The van der Waals surface area contributed by atoms with Crippen LogP contribution in [0.1, 0.15) is 40.1 Å². The first kappa shape index (κ1) is 22.9. The third kappa shape index (κ3) is 5.23. The average Bonchev–Trinajstić information content (AvgIpc) is 3.19. The number of halogens is 2. The third-order valence-corrected chi connectivity index (χ3v) is 6.13. The van der Waals surface area contributed by atoms with E-state index in [4.69, 9.17) is 21.8 Å². The van der Waals surface area contributed by atoms with Crippen molar-refractivity contribution in [1.82, 2.24) is 9.88 Å². The number of primary amides is 1. The normalized spacial score (nSPS) is 14.9. The highest BCUT2D eigenvalue weighted by Gasteiger charge is 2.23. The second kappa shape index (κ2) is 9.72. The lowest BCUT2D eigenvalue weighted by atomic mass is 9.90. The highest BCUT2D eigenvalue weighted by atomic mass is 35.5. The molecule has 0 spiro atoms. The number of nitrogens with two attached hydrogens (primary N) is 1. The molecule has 4 rings (SSSR count). The van der Waals surface area contributed by atoms with Crippen LogP contribution in [0.4, 0.5) is 16.0 Å². The summed E-state index contributed by atoms with van der Waals surface area (Å²) in [4.78, 5) is 30.8. The fourth-order valence-electron chi connectivity index (χ4n) is 3.90. The summed E-state index contributed by atoms with van der Waals surface area (Å²) in [6.07, 6.45) is 2.58. The number of nitrogens with one attached hydrogen (secondary N) is 1. The van der Waals surface area contributed by atoms with Crippen molar-refractivity contribution in [3.63, 3.8) is 0 Å². The first-order valence-corrected chi connectivity index (χ1v) is 11.0.